The largest absolute Gasteiger partial charge is 0.158 e. The molecular formula is C20H36S. The smallest absolute Gasteiger partial charge is 0.00780 e. The first-order valence-corrected chi connectivity index (χ1v) is 11.0. The van der Waals surface area contributed by atoms with Gasteiger partial charge < -0.3 is 0 Å². The third-order valence-corrected chi connectivity index (χ3v) is 8.39. The standard InChI is InChI=1S/C20H36S/c1-2-8-16-9-3-4-11-18(16)15-21-20-14-7-12-17-10-5-6-13-19(17)20/h16-20H,2-15H2,1H3. The Hall–Kier alpha value is 0.350. The number of fused-ring (bicyclic) bond motifs is 1. The van der Waals surface area contributed by atoms with Crippen LogP contribution in [-0.4, -0.2) is 11.0 Å². The fraction of sp³-hybridized carbons (Fsp3) is 1.00. The first-order valence-electron chi connectivity index (χ1n) is 10.00. The summed E-state index contributed by atoms with van der Waals surface area (Å²) in [6, 6.07) is 0. The molecule has 0 heterocycles. The molecule has 0 amide bonds. The van der Waals surface area contributed by atoms with E-state index in [2.05, 4.69) is 18.7 Å². The Bertz CT molecular complexity index is 296. The minimum absolute atomic E-state index is 1.04. The molecule has 5 unspecified atom stereocenters. The molecule has 0 aromatic heterocycles. The first kappa shape index (κ1) is 16.2. The monoisotopic (exact) mass is 308 g/mol. The zero-order chi connectivity index (χ0) is 14.5. The van der Waals surface area contributed by atoms with Crippen LogP contribution in [-0.2, 0) is 0 Å². The quantitative estimate of drug-likeness (QED) is 0.545. The van der Waals surface area contributed by atoms with E-state index in [4.69, 9.17) is 0 Å². The maximum Gasteiger partial charge on any atom is 0.00780 e. The molecule has 0 aliphatic heterocycles. The second-order valence-electron chi connectivity index (χ2n) is 8.10. The number of hydrogen-bond donors (Lipinski definition) is 0. The van der Waals surface area contributed by atoms with Crippen LogP contribution in [0.4, 0.5) is 0 Å². The zero-order valence-electron chi connectivity index (χ0n) is 14.2. The van der Waals surface area contributed by atoms with Gasteiger partial charge in [-0.3, -0.25) is 0 Å². The van der Waals surface area contributed by atoms with Crippen molar-refractivity contribution in [2.45, 2.75) is 95.6 Å². The van der Waals surface area contributed by atoms with E-state index in [0.717, 1.165) is 28.9 Å². The fourth-order valence-corrected chi connectivity index (χ4v) is 7.46. The van der Waals surface area contributed by atoms with Gasteiger partial charge in [0.15, 0.2) is 0 Å². The second kappa shape index (κ2) is 8.27. The van der Waals surface area contributed by atoms with Crippen LogP contribution in [0.5, 0.6) is 0 Å². The van der Waals surface area contributed by atoms with Gasteiger partial charge in [0.1, 0.15) is 0 Å². The molecule has 0 spiro atoms. The van der Waals surface area contributed by atoms with Gasteiger partial charge in [-0.2, -0.15) is 11.8 Å². The summed E-state index contributed by atoms with van der Waals surface area (Å²) in [5.41, 5.74) is 0. The summed E-state index contributed by atoms with van der Waals surface area (Å²) >= 11 is 2.42. The van der Waals surface area contributed by atoms with Crippen molar-refractivity contribution in [1.29, 1.82) is 0 Å². The van der Waals surface area contributed by atoms with Gasteiger partial charge in [-0.05, 0) is 48.7 Å². The number of hydrogen-bond acceptors (Lipinski definition) is 1. The molecule has 122 valence electrons. The molecule has 3 aliphatic carbocycles. The SMILES string of the molecule is CCCC1CCCCC1CSC1CCCC2CCCCC21. The summed E-state index contributed by atoms with van der Waals surface area (Å²) in [5.74, 6) is 5.85. The Labute approximate surface area is 137 Å². The minimum Gasteiger partial charge on any atom is -0.158 e. The second-order valence-corrected chi connectivity index (χ2v) is 9.38. The summed E-state index contributed by atoms with van der Waals surface area (Å²) in [6.45, 7) is 2.38. The molecule has 0 saturated heterocycles. The van der Waals surface area contributed by atoms with Gasteiger partial charge >= 0.3 is 0 Å². The van der Waals surface area contributed by atoms with Crippen molar-refractivity contribution in [3.05, 3.63) is 0 Å². The summed E-state index contributed by atoms with van der Waals surface area (Å²) in [6.07, 6.45) is 19.8. The molecule has 0 aromatic rings. The first-order chi connectivity index (χ1) is 10.4. The minimum atomic E-state index is 1.04. The van der Waals surface area contributed by atoms with Crippen molar-refractivity contribution in [1.82, 2.24) is 0 Å². The normalized spacial score (nSPS) is 40.7. The van der Waals surface area contributed by atoms with E-state index in [1.807, 2.05) is 0 Å². The Morgan fingerprint density at radius 3 is 2.33 bits per heavy atom. The van der Waals surface area contributed by atoms with Crippen LogP contribution in [0.3, 0.4) is 0 Å². The molecule has 3 fully saturated rings. The number of rotatable bonds is 5. The molecule has 0 aromatic carbocycles. The van der Waals surface area contributed by atoms with Crippen LogP contribution >= 0.6 is 11.8 Å². The molecule has 5 atom stereocenters. The highest BCUT2D eigenvalue weighted by molar-refractivity contribution is 7.99. The summed E-state index contributed by atoms with van der Waals surface area (Å²) in [5, 5.41) is 1.04. The molecular weight excluding hydrogens is 272 g/mol. The van der Waals surface area contributed by atoms with Crippen LogP contribution in [0.2, 0.25) is 0 Å². The molecule has 0 N–H and O–H groups in total. The lowest BCUT2D eigenvalue weighted by molar-refractivity contribution is 0.177. The van der Waals surface area contributed by atoms with Crippen LogP contribution in [0.25, 0.3) is 0 Å². The molecule has 0 radical (unpaired) electrons. The van der Waals surface area contributed by atoms with Crippen molar-refractivity contribution in [2.75, 3.05) is 5.75 Å². The van der Waals surface area contributed by atoms with Crippen molar-refractivity contribution in [2.24, 2.45) is 23.7 Å². The molecule has 3 saturated carbocycles. The Morgan fingerprint density at radius 2 is 1.48 bits per heavy atom. The molecule has 3 aliphatic rings. The Balaban J connectivity index is 1.50. The topological polar surface area (TPSA) is 0 Å². The molecule has 3 rings (SSSR count). The van der Waals surface area contributed by atoms with E-state index in [-0.39, 0.29) is 0 Å². The van der Waals surface area contributed by atoms with Crippen molar-refractivity contribution < 1.29 is 0 Å². The van der Waals surface area contributed by atoms with Crippen molar-refractivity contribution in [3.8, 4) is 0 Å². The highest BCUT2D eigenvalue weighted by Crippen LogP contribution is 2.46. The summed E-state index contributed by atoms with van der Waals surface area (Å²) in [4.78, 5) is 0. The van der Waals surface area contributed by atoms with Crippen LogP contribution < -0.4 is 0 Å². The Kier molecular flexibility index (Phi) is 6.39. The lowest BCUT2D eigenvalue weighted by Gasteiger charge is -2.42. The van der Waals surface area contributed by atoms with E-state index in [9.17, 15) is 0 Å². The molecule has 1 heteroatoms. The lowest BCUT2D eigenvalue weighted by atomic mass is 9.71. The molecule has 0 bridgehead atoms. The third-order valence-electron chi connectivity index (χ3n) is 6.76. The van der Waals surface area contributed by atoms with E-state index in [0.29, 0.717) is 0 Å². The van der Waals surface area contributed by atoms with Crippen LogP contribution in [0.15, 0.2) is 0 Å². The summed E-state index contributed by atoms with van der Waals surface area (Å²) in [7, 11) is 0. The third kappa shape index (κ3) is 4.21. The van der Waals surface area contributed by atoms with Gasteiger partial charge in [0.05, 0.1) is 0 Å². The predicted octanol–water partition coefficient (Wildman–Crippen LogP) is 6.69. The van der Waals surface area contributed by atoms with Crippen molar-refractivity contribution >= 4 is 11.8 Å². The lowest BCUT2D eigenvalue weighted by Crippen LogP contribution is -2.34. The predicted molar refractivity (Wildman–Crippen MR) is 95.9 cm³/mol. The van der Waals surface area contributed by atoms with E-state index >= 15 is 0 Å². The average Bonchev–Trinajstić information content (AvgIpc) is 2.54. The highest BCUT2D eigenvalue weighted by atomic mass is 32.2. The highest BCUT2D eigenvalue weighted by Gasteiger charge is 2.35. The Morgan fingerprint density at radius 1 is 0.762 bits per heavy atom. The molecule has 0 nitrogen and oxygen atoms in total. The van der Waals surface area contributed by atoms with Gasteiger partial charge in [0.25, 0.3) is 0 Å². The fourth-order valence-electron chi connectivity index (χ4n) is 5.59. The van der Waals surface area contributed by atoms with E-state index < -0.39 is 0 Å². The maximum atomic E-state index is 2.42. The van der Waals surface area contributed by atoms with Gasteiger partial charge in [0, 0.05) is 5.25 Å². The van der Waals surface area contributed by atoms with Crippen LogP contribution in [0, 0.1) is 23.7 Å². The average molecular weight is 309 g/mol. The van der Waals surface area contributed by atoms with Crippen LogP contribution in [0.1, 0.15) is 90.4 Å². The van der Waals surface area contributed by atoms with Gasteiger partial charge in [0.2, 0.25) is 0 Å². The molecule has 21 heavy (non-hydrogen) atoms. The maximum absolute atomic E-state index is 2.42. The van der Waals surface area contributed by atoms with Gasteiger partial charge in [-0.1, -0.05) is 71.1 Å². The van der Waals surface area contributed by atoms with E-state index in [1.54, 1.807) is 25.7 Å². The van der Waals surface area contributed by atoms with Gasteiger partial charge in [-0.25, -0.2) is 0 Å². The zero-order valence-corrected chi connectivity index (χ0v) is 15.0. The number of thioether (sulfide) groups is 1. The van der Waals surface area contributed by atoms with Crippen molar-refractivity contribution in [3.63, 3.8) is 0 Å². The van der Waals surface area contributed by atoms with Gasteiger partial charge in [-0.15, -0.1) is 0 Å². The summed E-state index contributed by atoms with van der Waals surface area (Å²) < 4.78 is 0. The van der Waals surface area contributed by atoms with E-state index in [1.165, 1.54) is 63.5 Å².